The summed E-state index contributed by atoms with van der Waals surface area (Å²) in [6.07, 6.45) is 0.0226. The van der Waals surface area contributed by atoms with Gasteiger partial charge in [0, 0.05) is 12.1 Å². The minimum absolute atomic E-state index is 0.283. The van der Waals surface area contributed by atoms with Crippen molar-refractivity contribution in [1.29, 1.82) is 0 Å². The molecule has 0 heterocycles. The molecule has 1 fully saturated rings. The Morgan fingerprint density at radius 3 is 2.29 bits per heavy atom. The summed E-state index contributed by atoms with van der Waals surface area (Å²) < 4.78 is 39.2. The lowest BCUT2D eigenvalue weighted by molar-refractivity contribution is -0.138. The van der Waals surface area contributed by atoms with Gasteiger partial charge in [-0.25, -0.2) is 0 Å². The lowest BCUT2D eigenvalue weighted by Gasteiger charge is -2.36. The molecule has 1 aliphatic carbocycles. The van der Waals surface area contributed by atoms with Gasteiger partial charge in [0.05, 0.1) is 5.56 Å². The maximum atomic E-state index is 13.1. The highest BCUT2D eigenvalue weighted by molar-refractivity contribution is 5.32. The molecule has 118 valence electrons. The molecule has 2 rings (SSSR count). The van der Waals surface area contributed by atoms with Gasteiger partial charge in [-0.1, -0.05) is 32.0 Å². The van der Waals surface area contributed by atoms with Gasteiger partial charge in [0.25, 0.3) is 0 Å². The van der Waals surface area contributed by atoms with Gasteiger partial charge in [-0.2, -0.15) is 13.2 Å². The average molecular weight is 299 g/mol. The Kier molecular flexibility index (Phi) is 4.66. The molecule has 1 aromatic rings. The lowest BCUT2D eigenvalue weighted by Crippen LogP contribution is -2.37. The molecule has 4 heteroatoms. The molecule has 0 aliphatic heterocycles. The van der Waals surface area contributed by atoms with E-state index in [1.54, 1.807) is 12.1 Å². The highest BCUT2D eigenvalue weighted by Gasteiger charge is 2.35. The Balaban J connectivity index is 2.06. The zero-order valence-electron chi connectivity index (χ0n) is 12.9. The van der Waals surface area contributed by atoms with E-state index in [0.717, 1.165) is 31.7 Å². The molecule has 1 aromatic carbocycles. The standard InChI is InChI=1S/C17H24F3N/c1-12(21-13-8-10-16(2,3)11-9-13)14-6-4-5-7-15(14)17(18,19)20/h4-7,12-13,21H,8-11H2,1-3H3. The summed E-state index contributed by atoms with van der Waals surface area (Å²) in [5.74, 6) is 0. The van der Waals surface area contributed by atoms with Crippen LogP contribution in [0.25, 0.3) is 0 Å². The van der Waals surface area contributed by atoms with Crippen LogP contribution in [0.1, 0.15) is 63.6 Å². The smallest absolute Gasteiger partial charge is 0.307 e. The van der Waals surface area contributed by atoms with Crippen molar-refractivity contribution in [3.63, 3.8) is 0 Å². The summed E-state index contributed by atoms with van der Waals surface area (Å²) in [6.45, 7) is 6.33. The number of nitrogens with one attached hydrogen (secondary N) is 1. The molecule has 1 saturated carbocycles. The van der Waals surface area contributed by atoms with E-state index in [9.17, 15) is 13.2 Å². The first kappa shape index (κ1) is 16.3. The van der Waals surface area contributed by atoms with E-state index in [1.165, 1.54) is 6.07 Å². The predicted octanol–water partition coefficient (Wildman–Crippen LogP) is 5.32. The van der Waals surface area contributed by atoms with Crippen molar-refractivity contribution in [3.05, 3.63) is 35.4 Å². The van der Waals surface area contributed by atoms with Crippen LogP contribution in [0.4, 0.5) is 13.2 Å². The molecule has 0 bridgehead atoms. The number of hydrogen-bond donors (Lipinski definition) is 1. The van der Waals surface area contributed by atoms with E-state index in [1.807, 2.05) is 6.92 Å². The first-order valence-electron chi connectivity index (χ1n) is 7.61. The Morgan fingerprint density at radius 1 is 1.14 bits per heavy atom. The minimum Gasteiger partial charge on any atom is -0.307 e. The first-order chi connectivity index (χ1) is 9.69. The maximum absolute atomic E-state index is 13.1. The Hall–Kier alpha value is -1.03. The zero-order chi connectivity index (χ0) is 15.7. The van der Waals surface area contributed by atoms with Gasteiger partial charge in [-0.15, -0.1) is 0 Å². The summed E-state index contributed by atoms with van der Waals surface area (Å²) >= 11 is 0. The van der Waals surface area contributed by atoms with Crippen LogP contribution in [0, 0.1) is 5.41 Å². The minimum atomic E-state index is -4.29. The molecule has 1 aliphatic rings. The van der Waals surface area contributed by atoms with Crippen molar-refractivity contribution in [2.45, 2.75) is 64.7 Å². The summed E-state index contributed by atoms with van der Waals surface area (Å²) in [7, 11) is 0. The van der Waals surface area contributed by atoms with Gasteiger partial charge >= 0.3 is 6.18 Å². The molecule has 21 heavy (non-hydrogen) atoms. The number of halogens is 3. The van der Waals surface area contributed by atoms with Gasteiger partial charge in [-0.3, -0.25) is 0 Å². The van der Waals surface area contributed by atoms with Crippen molar-refractivity contribution in [3.8, 4) is 0 Å². The molecular formula is C17H24F3N. The summed E-state index contributed by atoms with van der Waals surface area (Å²) in [5.41, 5.74) is 0.182. The first-order valence-corrected chi connectivity index (χ1v) is 7.61. The third kappa shape index (κ3) is 4.22. The number of alkyl halides is 3. The van der Waals surface area contributed by atoms with E-state index < -0.39 is 11.7 Å². The van der Waals surface area contributed by atoms with Crippen LogP contribution in [-0.2, 0) is 6.18 Å². The molecule has 1 unspecified atom stereocenters. The second kappa shape index (κ2) is 5.99. The Labute approximate surface area is 124 Å². The van der Waals surface area contributed by atoms with Gasteiger partial charge in [0.2, 0.25) is 0 Å². The van der Waals surface area contributed by atoms with Gasteiger partial charge in [0.15, 0.2) is 0 Å². The van der Waals surface area contributed by atoms with Crippen LogP contribution in [0.15, 0.2) is 24.3 Å². The van der Waals surface area contributed by atoms with Crippen molar-refractivity contribution in [2.75, 3.05) is 0 Å². The normalized spacial score (nSPS) is 21.2. The van der Waals surface area contributed by atoms with Crippen molar-refractivity contribution < 1.29 is 13.2 Å². The highest BCUT2D eigenvalue weighted by Crippen LogP contribution is 2.37. The molecule has 0 saturated heterocycles. The molecule has 0 aromatic heterocycles. The van der Waals surface area contributed by atoms with E-state index in [2.05, 4.69) is 19.2 Å². The van der Waals surface area contributed by atoms with E-state index in [0.29, 0.717) is 17.0 Å². The van der Waals surface area contributed by atoms with Crippen LogP contribution in [-0.4, -0.2) is 6.04 Å². The van der Waals surface area contributed by atoms with E-state index >= 15 is 0 Å². The Bertz CT molecular complexity index is 469. The van der Waals surface area contributed by atoms with E-state index in [4.69, 9.17) is 0 Å². The molecule has 0 amide bonds. The fourth-order valence-corrected chi connectivity index (χ4v) is 3.14. The monoisotopic (exact) mass is 299 g/mol. The van der Waals surface area contributed by atoms with Gasteiger partial charge in [0.1, 0.15) is 0 Å². The van der Waals surface area contributed by atoms with Crippen LogP contribution in [0.2, 0.25) is 0 Å². The van der Waals surface area contributed by atoms with Crippen molar-refractivity contribution in [2.24, 2.45) is 5.41 Å². The lowest BCUT2D eigenvalue weighted by atomic mass is 9.75. The van der Waals surface area contributed by atoms with Gasteiger partial charge < -0.3 is 5.32 Å². The fraction of sp³-hybridized carbons (Fsp3) is 0.647. The maximum Gasteiger partial charge on any atom is 0.416 e. The summed E-state index contributed by atoms with van der Waals surface area (Å²) in [4.78, 5) is 0. The molecule has 0 radical (unpaired) electrons. The second-order valence-electron chi connectivity index (χ2n) is 6.91. The number of rotatable bonds is 3. The van der Waals surface area contributed by atoms with Crippen LogP contribution < -0.4 is 5.32 Å². The van der Waals surface area contributed by atoms with Crippen molar-refractivity contribution >= 4 is 0 Å². The molecular weight excluding hydrogens is 275 g/mol. The van der Waals surface area contributed by atoms with Crippen LogP contribution >= 0.6 is 0 Å². The Morgan fingerprint density at radius 2 is 1.71 bits per heavy atom. The zero-order valence-corrected chi connectivity index (χ0v) is 12.9. The number of hydrogen-bond acceptors (Lipinski definition) is 1. The van der Waals surface area contributed by atoms with Crippen molar-refractivity contribution in [1.82, 2.24) is 5.32 Å². The predicted molar refractivity (Wildman–Crippen MR) is 79.0 cm³/mol. The van der Waals surface area contributed by atoms with Crippen LogP contribution in [0.3, 0.4) is 0 Å². The third-order valence-corrected chi connectivity index (χ3v) is 4.56. The van der Waals surface area contributed by atoms with Crippen LogP contribution in [0.5, 0.6) is 0 Å². The quantitative estimate of drug-likeness (QED) is 0.796. The summed E-state index contributed by atoms with van der Waals surface area (Å²) in [6, 6.07) is 5.89. The fourth-order valence-electron chi connectivity index (χ4n) is 3.14. The molecule has 1 N–H and O–H groups in total. The second-order valence-corrected chi connectivity index (χ2v) is 6.91. The molecule has 1 nitrogen and oxygen atoms in total. The summed E-state index contributed by atoms with van der Waals surface area (Å²) in [5, 5.41) is 3.39. The SMILES string of the molecule is CC(NC1CCC(C)(C)CC1)c1ccccc1C(F)(F)F. The average Bonchev–Trinajstić information content (AvgIpc) is 2.40. The van der Waals surface area contributed by atoms with Gasteiger partial charge in [-0.05, 0) is 49.7 Å². The highest BCUT2D eigenvalue weighted by atomic mass is 19.4. The molecule has 0 spiro atoms. The third-order valence-electron chi connectivity index (χ3n) is 4.56. The van der Waals surface area contributed by atoms with E-state index in [-0.39, 0.29) is 6.04 Å². The number of benzene rings is 1. The largest absolute Gasteiger partial charge is 0.416 e. The molecule has 1 atom stereocenters. The topological polar surface area (TPSA) is 12.0 Å².